The summed E-state index contributed by atoms with van der Waals surface area (Å²) in [6, 6.07) is 11.0. The average Bonchev–Trinajstić information content (AvgIpc) is 2.80. The molecule has 1 aromatic carbocycles. The highest BCUT2D eigenvalue weighted by Crippen LogP contribution is 2.15. The molecule has 0 bridgehead atoms. The van der Waals surface area contributed by atoms with Gasteiger partial charge in [0.05, 0.1) is 12.6 Å². The molecule has 16 heavy (non-hydrogen) atoms. The van der Waals surface area contributed by atoms with Crippen LogP contribution in [0.2, 0.25) is 5.02 Å². The largest absolute Gasteiger partial charge is 0.387 e. The first-order valence-electron chi connectivity index (χ1n) is 5.06. The number of nitrogens with one attached hydrogen (secondary N) is 1. The summed E-state index contributed by atoms with van der Waals surface area (Å²) in [4.78, 5) is 0. The number of hydrogen-bond donors (Lipinski definition) is 2. The quantitative estimate of drug-likeness (QED) is 0.856. The minimum absolute atomic E-state index is 0.455. The minimum atomic E-state index is -0.542. The Kier molecular flexibility index (Phi) is 3.49. The van der Waals surface area contributed by atoms with Crippen molar-refractivity contribution in [2.24, 2.45) is 0 Å². The molecule has 4 heteroatoms. The molecule has 0 aliphatic heterocycles. The van der Waals surface area contributed by atoms with Crippen molar-refractivity contribution in [3.8, 4) is 0 Å². The van der Waals surface area contributed by atoms with Gasteiger partial charge in [-0.1, -0.05) is 23.7 Å². The summed E-state index contributed by atoms with van der Waals surface area (Å²) in [5.74, 6) is 0. The highest BCUT2D eigenvalue weighted by Gasteiger charge is 2.06. The topological polar surface area (TPSA) is 37.2 Å². The van der Waals surface area contributed by atoms with Crippen LogP contribution in [0.25, 0.3) is 0 Å². The molecule has 0 radical (unpaired) electrons. The van der Waals surface area contributed by atoms with E-state index in [1.165, 1.54) is 0 Å². The summed E-state index contributed by atoms with van der Waals surface area (Å²) >= 11 is 5.77. The SMILES string of the molecule is OC(CNn1cccc1)c1ccc(Cl)cc1. The third-order valence-corrected chi connectivity index (χ3v) is 2.58. The van der Waals surface area contributed by atoms with Gasteiger partial charge in [-0.05, 0) is 29.8 Å². The maximum absolute atomic E-state index is 9.89. The Morgan fingerprint density at radius 2 is 1.81 bits per heavy atom. The molecule has 1 unspecified atom stereocenters. The molecule has 2 aromatic rings. The highest BCUT2D eigenvalue weighted by atomic mass is 35.5. The van der Waals surface area contributed by atoms with E-state index in [1.54, 1.807) is 16.8 Å². The van der Waals surface area contributed by atoms with Crippen LogP contribution < -0.4 is 5.43 Å². The Bertz CT molecular complexity index is 425. The monoisotopic (exact) mass is 236 g/mol. The van der Waals surface area contributed by atoms with Gasteiger partial charge in [-0.3, -0.25) is 4.68 Å². The molecule has 3 nitrogen and oxygen atoms in total. The van der Waals surface area contributed by atoms with E-state index in [0.717, 1.165) is 5.56 Å². The van der Waals surface area contributed by atoms with Gasteiger partial charge in [0.25, 0.3) is 0 Å². The second kappa shape index (κ2) is 5.05. The lowest BCUT2D eigenvalue weighted by atomic mass is 10.1. The van der Waals surface area contributed by atoms with Gasteiger partial charge >= 0.3 is 0 Å². The smallest absolute Gasteiger partial charge is 0.0978 e. The number of benzene rings is 1. The number of aliphatic hydroxyl groups is 1. The Hall–Kier alpha value is -1.45. The maximum Gasteiger partial charge on any atom is 0.0978 e. The fourth-order valence-corrected chi connectivity index (χ4v) is 1.56. The second-order valence-corrected chi connectivity index (χ2v) is 3.96. The summed E-state index contributed by atoms with van der Waals surface area (Å²) in [6.07, 6.45) is 3.23. The van der Waals surface area contributed by atoms with E-state index in [2.05, 4.69) is 5.43 Å². The molecule has 0 saturated heterocycles. The zero-order valence-electron chi connectivity index (χ0n) is 8.68. The van der Waals surface area contributed by atoms with Crippen LogP contribution in [0.3, 0.4) is 0 Å². The van der Waals surface area contributed by atoms with Crippen molar-refractivity contribution in [1.29, 1.82) is 0 Å². The van der Waals surface area contributed by atoms with Gasteiger partial charge in [-0.25, -0.2) is 0 Å². The van der Waals surface area contributed by atoms with Crippen LogP contribution in [0, 0.1) is 0 Å². The molecule has 0 spiro atoms. The summed E-state index contributed by atoms with van der Waals surface area (Å²) in [5, 5.41) is 10.6. The van der Waals surface area contributed by atoms with Crippen LogP contribution in [0.4, 0.5) is 0 Å². The van der Waals surface area contributed by atoms with Gasteiger partial charge in [-0.15, -0.1) is 0 Å². The van der Waals surface area contributed by atoms with Crippen molar-refractivity contribution in [2.45, 2.75) is 6.10 Å². The van der Waals surface area contributed by atoms with Crippen LogP contribution in [0.1, 0.15) is 11.7 Å². The molecule has 2 rings (SSSR count). The Morgan fingerprint density at radius 3 is 2.44 bits per heavy atom. The van der Waals surface area contributed by atoms with Crippen molar-refractivity contribution in [2.75, 3.05) is 12.0 Å². The fraction of sp³-hybridized carbons (Fsp3) is 0.167. The predicted octanol–water partition coefficient (Wildman–Crippen LogP) is 2.42. The van der Waals surface area contributed by atoms with E-state index in [-0.39, 0.29) is 0 Å². The van der Waals surface area contributed by atoms with Gasteiger partial charge in [0.1, 0.15) is 0 Å². The zero-order valence-corrected chi connectivity index (χ0v) is 9.43. The van der Waals surface area contributed by atoms with Crippen LogP contribution in [-0.2, 0) is 0 Å². The van der Waals surface area contributed by atoms with Gasteiger partial charge in [0.2, 0.25) is 0 Å². The van der Waals surface area contributed by atoms with Crippen molar-refractivity contribution < 1.29 is 5.11 Å². The van der Waals surface area contributed by atoms with Crippen molar-refractivity contribution in [1.82, 2.24) is 4.68 Å². The molecule has 84 valence electrons. The number of rotatable bonds is 4. The predicted molar refractivity (Wildman–Crippen MR) is 65.1 cm³/mol. The van der Waals surface area contributed by atoms with E-state index >= 15 is 0 Å². The fourth-order valence-electron chi connectivity index (χ4n) is 1.43. The van der Waals surface area contributed by atoms with Gasteiger partial charge in [0.15, 0.2) is 0 Å². The maximum atomic E-state index is 9.89. The molecular weight excluding hydrogens is 224 g/mol. The summed E-state index contributed by atoms with van der Waals surface area (Å²) in [5.41, 5.74) is 3.92. The third kappa shape index (κ3) is 2.78. The molecule has 1 aromatic heterocycles. The number of hydrogen-bond acceptors (Lipinski definition) is 2. The van der Waals surface area contributed by atoms with Crippen molar-refractivity contribution in [3.63, 3.8) is 0 Å². The minimum Gasteiger partial charge on any atom is -0.387 e. The standard InChI is InChI=1S/C12H13ClN2O/c13-11-5-3-10(4-6-11)12(16)9-14-15-7-1-2-8-15/h1-8,12,14,16H,9H2. The molecule has 1 atom stereocenters. The van der Waals surface area contributed by atoms with Crippen molar-refractivity contribution in [3.05, 3.63) is 59.4 Å². The van der Waals surface area contributed by atoms with E-state index < -0.39 is 6.10 Å². The summed E-state index contributed by atoms with van der Waals surface area (Å²) in [6.45, 7) is 0.455. The number of halogens is 1. The lowest BCUT2D eigenvalue weighted by molar-refractivity contribution is 0.188. The van der Waals surface area contributed by atoms with Gasteiger partial charge in [-0.2, -0.15) is 0 Å². The van der Waals surface area contributed by atoms with Crippen molar-refractivity contribution >= 4 is 11.6 Å². The first-order valence-corrected chi connectivity index (χ1v) is 5.44. The van der Waals surface area contributed by atoms with Crippen LogP contribution in [0.15, 0.2) is 48.8 Å². The van der Waals surface area contributed by atoms with E-state index in [4.69, 9.17) is 11.6 Å². The number of aromatic nitrogens is 1. The molecule has 0 saturated carbocycles. The molecule has 0 aliphatic carbocycles. The van der Waals surface area contributed by atoms with Crippen LogP contribution >= 0.6 is 11.6 Å². The second-order valence-electron chi connectivity index (χ2n) is 3.52. The molecule has 0 aliphatic rings. The van der Waals surface area contributed by atoms with Gasteiger partial charge < -0.3 is 10.5 Å². The molecule has 0 fully saturated rings. The Labute approximate surface area is 99.3 Å². The van der Waals surface area contributed by atoms with Crippen LogP contribution in [-0.4, -0.2) is 16.3 Å². The first-order chi connectivity index (χ1) is 7.75. The Morgan fingerprint density at radius 1 is 1.19 bits per heavy atom. The Balaban J connectivity index is 1.93. The molecule has 1 heterocycles. The molecular formula is C12H13ClN2O. The number of nitrogens with zero attached hydrogens (tertiary/aromatic N) is 1. The molecule has 2 N–H and O–H groups in total. The van der Waals surface area contributed by atoms with Gasteiger partial charge in [0, 0.05) is 17.4 Å². The third-order valence-electron chi connectivity index (χ3n) is 2.33. The first kappa shape index (κ1) is 11.0. The van der Waals surface area contributed by atoms with E-state index in [9.17, 15) is 5.11 Å². The lowest BCUT2D eigenvalue weighted by Crippen LogP contribution is -2.19. The zero-order chi connectivity index (χ0) is 11.4. The lowest BCUT2D eigenvalue weighted by Gasteiger charge is -2.13. The normalized spacial score (nSPS) is 12.4. The molecule has 0 amide bonds. The summed E-state index contributed by atoms with van der Waals surface area (Å²) in [7, 11) is 0. The van der Waals surface area contributed by atoms with Crippen LogP contribution in [0.5, 0.6) is 0 Å². The van der Waals surface area contributed by atoms with E-state index in [0.29, 0.717) is 11.6 Å². The summed E-state index contributed by atoms with van der Waals surface area (Å²) < 4.78 is 1.80. The highest BCUT2D eigenvalue weighted by molar-refractivity contribution is 6.30. The van der Waals surface area contributed by atoms with E-state index in [1.807, 2.05) is 36.7 Å². The number of aliphatic hydroxyl groups excluding tert-OH is 1. The average molecular weight is 237 g/mol.